The second-order valence-electron chi connectivity index (χ2n) is 10.8. The van der Waals surface area contributed by atoms with Crippen molar-refractivity contribution in [1.29, 1.82) is 0 Å². The van der Waals surface area contributed by atoms with Crippen LogP contribution in [0.1, 0.15) is 49.8 Å². The first kappa shape index (κ1) is 25.7. The lowest BCUT2D eigenvalue weighted by Gasteiger charge is -2.37. The zero-order valence-corrected chi connectivity index (χ0v) is 22.1. The molecule has 1 aliphatic heterocycles. The fraction of sp³-hybridized carbons (Fsp3) is 0.552. The molecule has 0 radical (unpaired) electrons. The van der Waals surface area contributed by atoms with Crippen molar-refractivity contribution >= 4 is 23.6 Å². The maximum Gasteiger partial charge on any atom is 0.227 e. The lowest BCUT2D eigenvalue weighted by atomic mass is 9.81. The molecule has 0 spiro atoms. The van der Waals surface area contributed by atoms with E-state index in [2.05, 4.69) is 50.4 Å². The Morgan fingerprint density at radius 3 is 2.57 bits per heavy atom. The number of ether oxygens (including phenoxy) is 1. The van der Waals surface area contributed by atoms with Gasteiger partial charge in [0.25, 0.3) is 0 Å². The van der Waals surface area contributed by atoms with Crippen LogP contribution >= 0.6 is 0 Å². The Morgan fingerprint density at radius 2 is 1.89 bits per heavy atom. The Bertz CT molecular complexity index is 1090. The van der Waals surface area contributed by atoms with Crippen LogP contribution in [0.4, 0.5) is 17.3 Å². The number of hydrogen-bond donors (Lipinski definition) is 2. The van der Waals surface area contributed by atoms with Crippen LogP contribution in [-0.4, -0.2) is 67.0 Å². The topological polar surface area (TPSA) is 96.6 Å². The number of aromatic nitrogens is 2. The highest BCUT2D eigenvalue weighted by molar-refractivity contribution is 5.60. The molecular weight excluding hydrogens is 464 g/mol. The van der Waals surface area contributed by atoms with Gasteiger partial charge in [-0.15, -0.1) is 0 Å². The molecule has 3 N–H and O–H groups in total. The van der Waals surface area contributed by atoms with Gasteiger partial charge in [0.15, 0.2) is 0 Å². The van der Waals surface area contributed by atoms with Crippen LogP contribution in [0.15, 0.2) is 42.3 Å². The highest BCUT2D eigenvalue weighted by Gasteiger charge is 2.35. The second-order valence-corrected chi connectivity index (χ2v) is 10.8. The summed E-state index contributed by atoms with van der Waals surface area (Å²) in [6.45, 7) is 6.77. The van der Waals surface area contributed by atoms with E-state index in [0.717, 1.165) is 62.6 Å². The number of methoxy groups -OCH3 is 1. The number of carbonyl (C=O) groups is 1. The maximum atomic E-state index is 11.0. The number of nitrogens with zero attached hydrogens (tertiary/aromatic N) is 4. The molecule has 3 aliphatic rings. The van der Waals surface area contributed by atoms with E-state index < -0.39 is 0 Å². The number of fused-ring (bicyclic) bond motifs is 1. The van der Waals surface area contributed by atoms with Gasteiger partial charge in [-0.25, -0.2) is 9.97 Å². The van der Waals surface area contributed by atoms with Gasteiger partial charge in [0.2, 0.25) is 5.95 Å². The summed E-state index contributed by atoms with van der Waals surface area (Å²) in [5, 5.41) is 3.42. The first-order valence-electron chi connectivity index (χ1n) is 13.7. The van der Waals surface area contributed by atoms with Crippen LogP contribution in [0.5, 0.6) is 0 Å². The third-order valence-corrected chi connectivity index (χ3v) is 8.35. The van der Waals surface area contributed by atoms with Gasteiger partial charge in [-0.1, -0.05) is 19.8 Å². The Hall–Kier alpha value is -2.97. The van der Waals surface area contributed by atoms with Crippen molar-refractivity contribution in [2.24, 2.45) is 17.6 Å². The molecule has 3 atom stereocenters. The summed E-state index contributed by atoms with van der Waals surface area (Å²) in [4.78, 5) is 25.4. The predicted octanol–water partition coefficient (Wildman–Crippen LogP) is 3.86. The Labute approximate surface area is 220 Å². The average molecular weight is 505 g/mol. The van der Waals surface area contributed by atoms with Crippen LogP contribution in [0.25, 0.3) is 0 Å². The summed E-state index contributed by atoms with van der Waals surface area (Å²) < 4.78 is 5.80. The van der Waals surface area contributed by atoms with E-state index in [4.69, 9.17) is 15.5 Å². The highest BCUT2D eigenvalue weighted by Crippen LogP contribution is 2.44. The molecule has 2 fully saturated rings. The molecule has 3 unspecified atom stereocenters. The minimum absolute atomic E-state index is 0.172. The van der Waals surface area contributed by atoms with E-state index in [9.17, 15) is 4.79 Å². The quantitative estimate of drug-likeness (QED) is 0.497. The molecular formula is C29H40N6O2. The average Bonchev–Trinajstić information content (AvgIpc) is 3.47. The fourth-order valence-corrected chi connectivity index (χ4v) is 6.07. The highest BCUT2D eigenvalue weighted by atomic mass is 16.5. The number of anilines is 3. The Kier molecular flexibility index (Phi) is 8.05. The van der Waals surface area contributed by atoms with E-state index in [-0.39, 0.29) is 17.9 Å². The van der Waals surface area contributed by atoms with Crippen molar-refractivity contribution in [3.05, 3.63) is 53.6 Å². The first-order chi connectivity index (χ1) is 18.1. The van der Waals surface area contributed by atoms with E-state index in [1.807, 2.05) is 13.1 Å². The van der Waals surface area contributed by atoms with Crippen LogP contribution in [0, 0.1) is 11.8 Å². The molecule has 2 aliphatic carbocycles. The van der Waals surface area contributed by atoms with E-state index in [1.165, 1.54) is 36.9 Å². The number of nitrogens with two attached hydrogens (primary N) is 1. The molecule has 0 bridgehead atoms. The lowest BCUT2D eigenvalue weighted by molar-refractivity contribution is -0.109. The third-order valence-electron chi connectivity index (χ3n) is 8.35. The van der Waals surface area contributed by atoms with Crippen molar-refractivity contribution in [2.75, 3.05) is 50.1 Å². The van der Waals surface area contributed by atoms with E-state index >= 15 is 0 Å². The Morgan fingerprint density at radius 1 is 1.16 bits per heavy atom. The molecule has 5 rings (SSSR count). The van der Waals surface area contributed by atoms with Gasteiger partial charge in [-0.05, 0) is 67.0 Å². The normalized spacial score (nSPS) is 22.2. The molecule has 198 valence electrons. The van der Waals surface area contributed by atoms with Crippen LogP contribution in [0.2, 0.25) is 0 Å². The van der Waals surface area contributed by atoms with Crippen molar-refractivity contribution in [2.45, 2.75) is 51.0 Å². The molecule has 1 saturated heterocycles. The third kappa shape index (κ3) is 5.80. The van der Waals surface area contributed by atoms with Gasteiger partial charge in [-0.2, -0.15) is 0 Å². The zero-order valence-electron chi connectivity index (χ0n) is 22.1. The number of piperazine rings is 1. The van der Waals surface area contributed by atoms with Gasteiger partial charge in [-0.3, -0.25) is 4.90 Å². The molecule has 1 saturated carbocycles. The molecule has 8 heteroatoms. The number of allylic oxidation sites excluding steroid dienone is 2. The predicted molar refractivity (Wildman–Crippen MR) is 147 cm³/mol. The summed E-state index contributed by atoms with van der Waals surface area (Å²) in [6.07, 6.45) is 10.9. The maximum absolute atomic E-state index is 11.0. The van der Waals surface area contributed by atoms with Crippen molar-refractivity contribution in [3.63, 3.8) is 0 Å². The molecule has 37 heavy (non-hydrogen) atoms. The van der Waals surface area contributed by atoms with Crippen molar-refractivity contribution < 1.29 is 9.53 Å². The monoisotopic (exact) mass is 504 g/mol. The summed E-state index contributed by atoms with van der Waals surface area (Å²) >= 11 is 0. The summed E-state index contributed by atoms with van der Waals surface area (Å²) in [7, 11) is 1.78. The second kappa shape index (κ2) is 11.6. The van der Waals surface area contributed by atoms with Gasteiger partial charge in [0, 0.05) is 50.3 Å². The molecule has 0 amide bonds. The summed E-state index contributed by atoms with van der Waals surface area (Å²) in [6, 6.07) is 8.14. The van der Waals surface area contributed by atoms with Crippen molar-refractivity contribution in [3.8, 4) is 0 Å². The van der Waals surface area contributed by atoms with Crippen molar-refractivity contribution in [1.82, 2.24) is 14.9 Å². The van der Waals surface area contributed by atoms with Gasteiger partial charge >= 0.3 is 0 Å². The number of rotatable bonds is 9. The minimum atomic E-state index is -0.385. The SMILES string of the molecule is COC1=CCc2cnc(Nc3ccc(N4CCN(CC(C)C(N)C=O)CC4)cc3)nc2C1C1CCCC1. The standard InChI is InChI=1S/C29H40N6O2/c1-20(25(30)19-36)18-34-13-15-35(16-14-34)24-10-8-23(9-11-24)32-29-31-17-22-7-12-26(37-2)27(28(22)33-29)21-5-3-4-6-21/h8-12,17,19-21,25,27H,3-7,13-16,18,30H2,1-2H3,(H,31,32,33). The zero-order chi connectivity index (χ0) is 25.8. The first-order valence-corrected chi connectivity index (χ1v) is 13.7. The van der Waals surface area contributed by atoms with Crippen LogP contribution in [-0.2, 0) is 16.0 Å². The smallest absolute Gasteiger partial charge is 0.227 e. The summed E-state index contributed by atoms with van der Waals surface area (Å²) in [5.41, 5.74) is 10.4. The number of benzene rings is 1. The lowest BCUT2D eigenvalue weighted by Crippen LogP contribution is -2.49. The molecule has 8 nitrogen and oxygen atoms in total. The number of carbonyl (C=O) groups excluding carboxylic acids is 1. The Balaban J connectivity index is 1.21. The summed E-state index contributed by atoms with van der Waals surface area (Å²) in [5.74, 6) is 2.71. The van der Waals surface area contributed by atoms with E-state index in [1.54, 1.807) is 7.11 Å². The molecule has 2 aromatic rings. The number of aldehydes is 1. The minimum Gasteiger partial charge on any atom is -0.501 e. The fourth-order valence-electron chi connectivity index (χ4n) is 6.07. The van der Waals surface area contributed by atoms with Gasteiger partial charge < -0.3 is 25.5 Å². The van der Waals surface area contributed by atoms with Crippen LogP contribution in [0.3, 0.4) is 0 Å². The number of hydrogen-bond acceptors (Lipinski definition) is 8. The van der Waals surface area contributed by atoms with E-state index in [0.29, 0.717) is 11.9 Å². The van der Waals surface area contributed by atoms with Gasteiger partial charge in [0.05, 0.1) is 24.8 Å². The number of nitrogens with one attached hydrogen (secondary N) is 1. The van der Waals surface area contributed by atoms with Gasteiger partial charge in [0.1, 0.15) is 12.0 Å². The van der Waals surface area contributed by atoms with Crippen LogP contribution < -0.4 is 16.0 Å². The molecule has 1 aromatic heterocycles. The largest absolute Gasteiger partial charge is 0.501 e. The molecule has 2 heterocycles. The molecule has 1 aromatic carbocycles.